The van der Waals surface area contributed by atoms with E-state index in [1.165, 1.54) is 0 Å². The number of likely N-dealkylation sites (tertiary alicyclic amines) is 1. The van der Waals surface area contributed by atoms with Crippen molar-refractivity contribution in [2.75, 3.05) is 26.0 Å². The summed E-state index contributed by atoms with van der Waals surface area (Å²) in [4.78, 5) is 27.9. The van der Waals surface area contributed by atoms with Crippen LogP contribution in [0.1, 0.15) is 23.2 Å². The topological polar surface area (TPSA) is 55.8 Å². The van der Waals surface area contributed by atoms with E-state index < -0.39 is 0 Å². The van der Waals surface area contributed by atoms with Gasteiger partial charge in [-0.05, 0) is 61.4 Å². The van der Waals surface area contributed by atoms with E-state index in [0.717, 1.165) is 16.4 Å². The number of nitrogens with zero attached hydrogens (tertiary/aromatic N) is 1. The zero-order chi connectivity index (χ0) is 19.9. The number of hydrogen-bond donors (Lipinski definition) is 0. The van der Waals surface area contributed by atoms with Crippen LogP contribution in [0, 0.1) is 12.8 Å². The van der Waals surface area contributed by atoms with Crippen LogP contribution in [-0.2, 0) is 4.79 Å². The van der Waals surface area contributed by atoms with Crippen molar-refractivity contribution in [1.82, 2.24) is 4.90 Å². The summed E-state index contributed by atoms with van der Waals surface area (Å²) in [6.07, 6.45) is 1.21. The molecule has 5 nitrogen and oxygen atoms in total. The smallest absolute Gasteiger partial charge is 0.314 e. The molecule has 2 aromatic carbocycles. The fourth-order valence-corrected chi connectivity index (χ4v) is 3.72. The number of thioether (sulfide) groups is 1. The van der Waals surface area contributed by atoms with E-state index in [4.69, 9.17) is 9.47 Å². The maximum absolute atomic E-state index is 12.6. The third-order valence-corrected chi connectivity index (χ3v) is 5.57. The summed E-state index contributed by atoms with van der Waals surface area (Å²) in [5.41, 5.74) is 0.627. The number of ether oxygens (including phenoxy) is 2. The number of methoxy groups -OCH3 is 1. The molecule has 0 saturated carbocycles. The molecule has 1 aliphatic rings. The van der Waals surface area contributed by atoms with Gasteiger partial charge in [-0.15, -0.1) is 5.75 Å². The van der Waals surface area contributed by atoms with Crippen LogP contribution in [0.25, 0.3) is 0 Å². The second-order valence-electron chi connectivity index (χ2n) is 6.54. The minimum absolute atomic E-state index is 0. The van der Waals surface area contributed by atoms with Crippen LogP contribution in [0.5, 0.6) is 11.5 Å². The molecule has 0 spiro atoms. The zero-order valence-corrected chi connectivity index (χ0v) is 73.6. The number of rotatable bonds is 6. The molecule has 1 heterocycles. The Labute approximate surface area is 170 Å². The fourth-order valence-electron chi connectivity index (χ4n) is 3.16. The molecule has 2 aromatic rings. The molecule has 36 heavy (non-hydrogen) atoms. The average Bonchev–Trinajstić information content (AvgIpc) is 2.75. The van der Waals surface area contributed by atoms with E-state index in [1.54, 1.807) is 60.2 Å². The van der Waals surface area contributed by atoms with E-state index in [1.807, 2.05) is 12.1 Å². The molecule has 1 aliphatic heterocycles. The molecule has 0 aromatic heterocycles. The summed E-state index contributed by atoms with van der Waals surface area (Å²) in [6.45, 7) is 4.89. The van der Waals surface area contributed by atoms with Crippen molar-refractivity contribution in [2.24, 2.45) is 5.92 Å². The molecular formula is C22H24NO4Rf8S-. The van der Waals surface area contributed by atoms with Gasteiger partial charge in [0.25, 0.3) is 5.91 Å². The number of carbonyl (C=O) groups is 2. The second-order valence-corrected chi connectivity index (χ2v) is 7.70. The predicted molar refractivity (Wildman–Crippen MR) is 110 cm³/mol. The third-order valence-electron chi connectivity index (χ3n) is 4.76. The monoisotopic (exact) mass is 2540 g/mol. The Kier molecular flexibility index (Phi) is 17.4. The average molecular weight is 2530 g/mol. The minimum atomic E-state index is -0.228. The molecule has 3 rings (SSSR count). The maximum Gasteiger partial charge on any atom is 0.314 e. The van der Waals surface area contributed by atoms with Crippen molar-refractivity contribution in [1.29, 1.82) is 0 Å². The van der Waals surface area contributed by atoms with Gasteiger partial charge < -0.3 is 21.3 Å². The summed E-state index contributed by atoms with van der Waals surface area (Å²) in [5.74, 6) is 1.59. The number of carbonyl (C=O) groups excluding carboxylic acids is 2. The van der Waals surface area contributed by atoms with Crippen molar-refractivity contribution in [3.05, 3.63) is 61.0 Å². The Hall–Kier alpha value is -10.5. The van der Waals surface area contributed by atoms with Crippen LogP contribution >= 0.6 is 11.8 Å². The van der Waals surface area contributed by atoms with E-state index in [0.29, 0.717) is 37.2 Å². The van der Waals surface area contributed by atoms with Gasteiger partial charge in [-0.1, -0.05) is 0 Å². The van der Waals surface area contributed by atoms with Crippen LogP contribution < -0.4 is 9.47 Å². The molecule has 14 heteroatoms. The predicted octanol–water partition coefficient (Wildman–Crippen LogP) is 4.08. The summed E-state index contributed by atoms with van der Waals surface area (Å²) in [5, 5.41) is 0. The normalized spacial score (nSPS) is 11.3. The van der Waals surface area contributed by atoms with E-state index in [2.05, 4.69) is 6.92 Å². The Morgan fingerprint density at radius 3 is 1.75 bits per heavy atom. The van der Waals surface area contributed by atoms with Crippen LogP contribution in [0.4, 0.5) is 0 Å². The molecule has 0 bridgehead atoms. The maximum atomic E-state index is 12.6. The van der Waals surface area contributed by atoms with Crippen molar-refractivity contribution in [2.45, 2.75) is 17.7 Å². The third kappa shape index (κ3) is 7.27. The van der Waals surface area contributed by atoms with Crippen molar-refractivity contribution < 1.29 is 19.1 Å². The Morgan fingerprint density at radius 1 is 0.833 bits per heavy atom. The minimum Gasteiger partial charge on any atom is -0.497 e. The molecule has 0 N–H and O–H groups in total. The number of hydrogen-bond acceptors (Lipinski definition) is 5. The van der Waals surface area contributed by atoms with Gasteiger partial charge in [0.2, 0.25) is 0 Å². The van der Waals surface area contributed by atoms with Gasteiger partial charge in [0.05, 0.1) is 13.0 Å². The molecule has 0 atom stereocenters. The summed E-state index contributed by atoms with van der Waals surface area (Å²) in [6, 6.07) is 14.5. The van der Waals surface area contributed by atoms with Crippen LogP contribution in [0.3, 0.4) is 0 Å². The van der Waals surface area contributed by atoms with E-state index in [9.17, 15) is 9.59 Å². The standard InChI is InChI=1S/C22H24NO4S.8Rf/c1-3-28-20-10-8-19(9-11-20)27-22(25)17-12-14-23(15-13-17)21(24)16-4-6-18(26-2)7-5-16;;;;;;;;/h4-11,17H,1,3,12-15H2,2H3;;;;;;;;/q-1;;;;;;;;. The summed E-state index contributed by atoms with van der Waals surface area (Å²) in [7, 11) is 1.59. The van der Waals surface area contributed by atoms with Gasteiger partial charge in [-0.25, -0.2) is 0 Å². The molecule has 164 valence electrons. The van der Waals surface area contributed by atoms with Gasteiger partial charge in [0.15, 0.2) is 0 Å². The molecule has 1 amide bonds. The molecule has 1 fully saturated rings. The van der Waals surface area contributed by atoms with Crippen LogP contribution in [0.2, 0.25) is 0 Å². The van der Waals surface area contributed by atoms with E-state index in [-0.39, 0.29) is 17.8 Å². The number of amides is 1. The number of piperidine rings is 1. The van der Waals surface area contributed by atoms with Gasteiger partial charge in [-0.2, -0.15) is 11.8 Å². The van der Waals surface area contributed by atoms with E-state index >= 15 is 0 Å². The molecule has 1 saturated heterocycles. The first-order valence-corrected chi connectivity index (χ1v) is 10.3. The van der Waals surface area contributed by atoms with Gasteiger partial charge in [0.1, 0.15) is 11.5 Å². The molecule has 0 aliphatic carbocycles. The van der Waals surface area contributed by atoms with Crippen LogP contribution in [0.15, 0.2) is 53.4 Å². The Balaban J connectivity index is -0.000000281. The molecular weight excluding hydrogens is 2510 g/mol. The van der Waals surface area contributed by atoms with Crippen molar-refractivity contribution in [3.63, 3.8) is 0 Å². The Morgan fingerprint density at radius 2 is 1.31 bits per heavy atom. The number of esters is 1. The first kappa shape index (κ1) is 40.3. The first-order valence-electron chi connectivity index (χ1n) is 9.28. The number of benzene rings is 2. The SMILES string of the molecule is [CH2-]CSc1ccc(OC(=O)C2CCN(C(=O)c3ccc(OC)cc3)CC2)cc1.[Rf].[Rf].[Rf].[Rf].[Rf].[Rf].[Rf].[Rf]. The van der Waals surface area contributed by atoms with Crippen molar-refractivity contribution in [3.8, 4) is 11.5 Å². The first-order chi connectivity index (χ1) is 13.6. The van der Waals surface area contributed by atoms with Gasteiger partial charge >= 0.3 is 5.97 Å². The largest absolute Gasteiger partial charge is 0.497 e. The van der Waals surface area contributed by atoms with Crippen LogP contribution in [-0.4, -0.2) is 42.7 Å². The van der Waals surface area contributed by atoms with Crippen molar-refractivity contribution >= 4 is 23.6 Å². The quantitative estimate of drug-likeness (QED) is 0.189. The Bertz CT molecular complexity index is 824. The van der Waals surface area contributed by atoms with Gasteiger partial charge in [0, 0.05) is 23.5 Å². The summed E-state index contributed by atoms with van der Waals surface area (Å²) >= 11 is 1.64. The zero-order valence-electron chi connectivity index (χ0n) is 21.6. The second kappa shape index (κ2) is 15.6. The fraction of sp³-hybridized carbons (Fsp3) is 0.318. The molecule has 0 unspecified atom stereocenters. The molecule has 0 radical (unpaired) electrons. The van der Waals surface area contributed by atoms with Gasteiger partial charge in [-0.3, -0.25) is 9.59 Å². The summed E-state index contributed by atoms with van der Waals surface area (Å²) < 4.78 is 10.6.